The van der Waals surface area contributed by atoms with Crippen molar-refractivity contribution in [2.24, 2.45) is 0 Å². The quantitative estimate of drug-likeness (QED) is 0.573. The van der Waals surface area contributed by atoms with Gasteiger partial charge < -0.3 is 9.47 Å². The first-order valence-electron chi connectivity index (χ1n) is 4.83. The summed E-state index contributed by atoms with van der Waals surface area (Å²) in [6.45, 7) is 1.45. The van der Waals surface area contributed by atoms with Gasteiger partial charge in [-0.15, -0.1) is 0 Å². The minimum absolute atomic E-state index is 0.0927. The number of methoxy groups -OCH3 is 2. The molecule has 0 atom stereocenters. The summed E-state index contributed by atoms with van der Waals surface area (Å²) >= 11 is 0. The third-order valence-electron chi connectivity index (χ3n) is 2.26. The van der Waals surface area contributed by atoms with Gasteiger partial charge in [-0.25, -0.2) is 0 Å². The fourth-order valence-corrected chi connectivity index (χ4v) is 1.39. The average Bonchev–Trinajstić information content (AvgIpc) is 2.29. The third-order valence-corrected chi connectivity index (χ3v) is 2.26. The molecule has 0 unspecified atom stereocenters. The molecule has 4 nitrogen and oxygen atoms in total. The van der Waals surface area contributed by atoms with Gasteiger partial charge in [0, 0.05) is 5.56 Å². The lowest BCUT2D eigenvalue weighted by atomic mass is 10.0. The van der Waals surface area contributed by atoms with Crippen molar-refractivity contribution < 1.29 is 19.1 Å². The summed E-state index contributed by atoms with van der Waals surface area (Å²) < 4.78 is 9.59. The molecule has 0 radical (unpaired) electrons. The van der Waals surface area contributed by atoms with Crippen LogP contribution in [0.25, 0.3) is 0 Å². The molecule has 0 saturated heterocycles. The third kappa shape index (κ3) is 2.82. The average molecular weight is 222 g/mol. The molecule has 16 heavy (non-hydrogen) atoms. The van der Waals surface area contributed by atoms with Gasteiger partial charge in [0.15, 0.2) is 5.78 Å². The minimum Gasteiger partial charge on any atom is -0.497 e. The van der Waals surface area contributed by atoms with Crippen LogP contribution in [0.5, 0.6) is 5.75 Å². The van der Waals surface area contributed by atoms with Crippen molar-refractivity contribution in [1.82, 2.24) is 0 Å². The SMILES string of the molecule is COC(=O)Cc1ccc(OC)cc1C(C)=O. The molecule has 0 aromatic heterocycles. The summed E-state index contributed by atoms with van der Waals surface area (Å²) in [6, 6.07) is 5.04. The van der Waals surface area contributed by atoms with E-state index in [9.17, 15) is 9.59 Å². The maximum absolute atomic E-state index is 11.4. The molecule has 0 amide bonds. The number of ketones is 1. The Labute approximate surface area is 94.2 Å². The van der Waals surface area contributed by atoms with Gasteiger partial charge in [0.05, 0.1) is 20.6 Å². The highest BCUT2D eigenvalue weighted by atomic mass is 16.5. The molecule has 4 heteroatoms. The predicted octanol–water partition coefficient (Wildman–Crippen LogP) is 1.61. The molecule has 0 spiro atoms. The number of hydrogen-bond acceptors (Lipinski definition) is 4. The fraction of sp³-hybridized carbons (Fsp3) is 0.333. The Morgan fingerprint density at radius 2 is 1.94 bits per heavy atom. The van der Waals surface area contributed by atoms with Crippen molar-refractivity contribution in [2.45, 2.75) is 13.3 Å². The molecule has 0 aliphatic heterocycles. The van der Waals surface area contributed by atoms with Crippen LogP contribution in [-0.4, -0.2) is 26.0 Å². The molecule has 0 N–H and O–H groups in total. The van der Waals surface area contributed by atoms with Crippen LogP contribution in [0.4, 0.5) is 0 Å². The standard InChI is InChI=1S/C12H14O4/c1-8(13)11-7-10(15-2)5-4-9(11)6-12(14)16-3/h4-5,7H,6H2,1-3H3. The molecule has 0 fully saturated rings. The van der Waals surface area contributed by atoms with Crippen molar-refractivity contribution in [3.05, 3.63) is 29.3 Å². The van der Waals surface area contributed by atoms with Crippen LogP contribution in [0, 0.1) is 0 Å². The first kappa shape index (κ1) is 12.2. The number of carbonyl (C=O) groups excluding carboxylic acids is 2. The number of carbonyl (C=O) groups is 2. The Hall–Kier alpha value is -1.84. The molecule has 1 aromatic rings. The predicted molar refractivity (Wildman–Crippen MR) is 58.7 cm³/mol. The molecular weight excluding hydrogens is 208 g/mol. The number of rotatable bonds is 4. The van der Waals surface area contributed by atoms with Crippen LogP contribution in [0.2, 0.25) is 0 Å². The van der Waals surface area contributed by atoms with E-state index in [0.29, 0.717) is 16.9 Å². The smallest absolute Gasteiger partial charge is 0.310 e. The van der Waals surface area contributed by atoms with Gasteiger partial charge in [0.2, 0.25) is 0 Å². The van der Waals surface area contributed by atoms with Gasteiger partial charge in [0.1, 0.15) is 5.75 Å². The summed E-state index contributed by atoms with van der Waals surface area (Å²) in [5, 5.41) is 0. The summed E-state index contributed by atoms with van der Waals surface area (Å²) in [4.78, 5) is 22.5. The molecule has 0 heterocycles. The lowest BCUT2D eigenvalue weighted by molar-refractivity contribution is -0.139. The molecule has 1 aromatic carbocycles. The topological polar surface area (TPSA) is 52.6 Å². The van der Waals surface area contributed by atoms with Crippen LogP contribution in [0.1, 0.15) is 22.8 Å². The summed E-state index contributed by atoms with van der Waals surface area (Å²) in [6.07, 6.45) is 0.0927. The number of esters is 1. The molecule has 0 saturated carbocycles. The molecule has 0 bridgehead atoms. The van der Waals surface area contributed by atoms with E-state index in [1.54, 1.807) is 18.2 Å². The van der Waals surface area contributed by atoms with Gasteiger partial charge in [-0.3, -0.25) is 9.59 Å². The fourth-order valence-electron chi connectivity index (χ4n) is 1.39. The second-order valence-electron chi connectivity index (χ2n) is 3.33. The Kier molecular flexibility index (Phi) is 4.05. The Balaban J connectivity index is 3.08. The van der Waals surface area contributed by atoms with Crippen LogP contribution in [0.15, 0.2) is 18.2 Å². The lowest BCUT2D eigenvalue weighted by Crippen LogP contribution is -2.09. The number of ether oxygens (including phenoxy) is 2. The second-order valence-corrected chi connectivity index (χ2v) is 3.33. The van der Waals surface area contributed by atoms with E-state index in [2.05, 4.69) is 4.74 Å². The van der Waals surface area contributed by atoms with E-state index in [1.165, 1.54) is 21.1 Å². The van der Waals surface area contributed by atoms with Crippen LogP contribution >= 0.6 is 0 Å². The Morgan fingerprint density at radius 3 is 2.44 bits per heavy atom. The van der Waals surface area contributed by atoms with Gasteiger partial charge in [-0.2, -0.15) is 0 Å². The van der Waals surface area contributed by atoms with E-state index < -0.39 is 0 Å². The molecule has 0 aliphatic carbocycles. The highest BCUT2D eigenvalue weighted by Crippen LogP contribution is 2.19. The largest absolute Gasteiger partial charge is 0.497 e. The highest BCUT2D eigenvalue weighted by Gasteiger charge is 2.12. The van der Waals surface area contributed by atoms with Gasteiger partial charge >= 0.3 is 5.97 Å². The molecule has 86 valence electrons. The van der Waals surface area contributed by atoms with Gasteiger partial charge in [-0.05, 0) is 24.6 Å². The zero-order valence-electron chi connectivity index (χ0n) is 9.57. The lowest BCUT2D eigenvalue weighted by Gasteiger charge is -2.08. The molecule has 1 rings (SSSR count). The normalized spacial score (nSPS) is 9.69. The van der Waals surface area contributed by atoms with Gasteiger partial charge in [-0.1, -0.05) is 6.07 Å². The summed E-state index contributed by atoms with van der Waals surface area (Å²) in [7, 11) is 2.85. The minimum atomic E-state index is -0.368. The highest BCUT2D eigenvalue weighted by molar-refractivity contribution is 5.97. The van der Waals surface area contributed by atoms with Crippen molar-refractivity contribution in [1.29, 1.82) is 0 Å². The molecule has 0 aliphatic rings. The Morgan fingerprint density at radius 1 is 1.25 bits per heavy atom. The van der Waals surface area contributed by atoms with Crippen molar-refractivity contribution in [2.75, 3.05) is 14.2 Å². The van der Waals surface area contributed by atoms with Crippen molar-refractivity contribution in [3.63, 3.8) is 0 Å². The van der Waals surface area contributed by atoms with Crippen LogP contribution < -0.4 is 4.74 Å². The maximum atomic E-state index is 11.4. The van der Waals surface area contributed by atoms with Crippen molar-refractivity contribution in [3.8, 4) is 5.75 Å². The van der Waals surface area contributed by atoms with Crippen LogP contribution in [0.3, 0.4) is 0 Å². The van der Waals surface area contributed by atoms with Crippen LogP contribution in [-0.2, 0) is 16.0 Å². The van der Waals surface area contributed by atoms with E-state index in [1.807, 2.05) is 0 Å². The first-order valence-corrected chi connectivity index (χ1v) is 4.83. The van der Waals surface area contributed by atoms with E-state index >= 15 is 0 Å². The van der Waals surface area contributed by atoms with E-state index in [4.69, 9.17) is 4.74 Å². The number of benzene rings is 1. The summed E-state index contributed by atoms with van der Waals surface area (Å²) in [5.74, 6) is 0.129. The second kappa shape index (κ2) is 5.30. The first-order chi connectivity index (χ1) is 7.58. The summed E-state index contributed by atoms with van der Waals surface area (Å²) in [5.41, 5.74) is 1.14. The number of Topliss-reactive ketones (excluding diaryl/α,β-unsaturated/α-hetero) is 1. The maximum Gasteiger partial charge on any atom is 0.310 e. The Bertz CT molecular complexity index is 409. The molecular formula is C12H14O4. The van der Waals surface area contributed by atoms with Crippen molar-refractivity contribution >= 4 is 11.8 Å². The van der Waals surface area contributed by atoms with E-state index in [0.717, 1.165) is 0 Å². The zero-order valence-corrected chi connectivity index (χ0v) is 9.57. The number of hydrogen-bond donors (Lipinski definition) is 0. The van der Waals surface area contributed by atoms with Gasteiger partial charge in [0.25, 0.3) is 0 Å². The zero-order chi connectivity index (χ0) is 12.1. The van der Waals surface area contributed by atoms with E-state index in [-0.39, 0.29) is 18.2 Å². The monoisotopic (exact) mass is 222 g/mol.